The van der Waals surface area contributed by atoms with Gasteiger partial charge in [0.1, 0.15) is 16.5 Å². The average Bonchev–Trinajstić information content (AvgIpc) is 2.48. The molecule has 0 aliphatic heterocycles. The maximum atomic E-state index is 5.51. The summed E-state index contributed by atoms with van der Waals surface area (Å²) in [6, 6.07) is 9.01. The highest BCUT2D eigenvalue weighted by molar-refractivity contribution is 7.80. The summed E-state index contributed by atoms with van der Waals surface area (Å²) < 4.78 is 0. The monoisotopic (exact) mass is 284 g/mol. The van der Waals surface area contributed by atoms with Gasteiger partial charge >= 0.3 is 0 Å². The molecule has 1 aliphatic carbocycles. The zero-order chi connectivity index (χ0) is 13.9. The van der Waals surface area contributed by atoms with E-state index in [9.17, 15) is 0 Å². The number of anilines is 1. The number of nitrogens with one attached hydrogen (secondary N) is 1. The number of rotatable bonds is 3. The Morgan fingerprint density at radius 3 is 2.70 bits per heavy atom. The maximum Gasteiger partial charge on any atom is 0.144 e. The largest absolute Gasteiger partial charge is 0.388 e. The van der Waals surface area contributed by atoms with Gasteiger partial charge in [-0.25, -0.2) is 9.97 Å². The lowest BCUT2D eigenvalue weighted by atomic mass is 9.88. The number of nitrogens with zero attached hydrogens (tertiary/aromatic N) is 2. The molecule has 0 saturated carbocycles. The van der Waals surface area contributed by atoms with Gasteiger partial charge in [0, 0.05) is 6.04 Å². The Bertz CT molecular complexity index is 624. The number of thiocarbonyl (C=S) groups is 1. The van der Waals surface area contributed by atoms with Crippen LogP contribution in [0.4, 0.5) is 5.82 Å². The molecule has 1 unspecified atom stereocenters. The molecule has 0 amide bonds. The minimum absolute atomic E-state index is 0.274. The van der Waals surface area contributed by atoms with Crippen LogP contribution in [0.2, 0.25) is 0 Å². The summed E-state index contributed by atoms with van der Waals surface area (Å²) in [7, 11) is 0. The third-order valence-corrected chi connectivity index (χ3v) is 3.81. The highest BCUT2D eigenvalue weighted by atomic mass is 32.1. The van der Waals surface area contributed by atoms with Gasteiger partial charge in [-0.05, 0) is 30.4 Å². The lowest BCUT2D eigenvalue weighted by Gasteiger charge is -2.25. The molecule has 0 fully saturated rings. The van der Waals surface area contributed by atoms with Crippen molar-refractivity contribution in [2.24, 2.45) is 5.73 Å². The Hall–Kier alpha value is -2.01. The molecule has 0 saturated heterocycles. The molecule has 20 heavy (non-hydrogen) atoms. The fourth-order valence-corrected chi connectivity index (χ4v) is 2.67. The Balaban J connectivity index is 1.69. The second-order valence-electron chi connectivity index (χ2n) is 5.00. The third-order valence-electron chi connectivity index (χ3n) is 3.60. The first-order valence-corrected chi connectivity index (χ1v) is 7.08. The Kier molecular flexibility index (Phi) is 3.60. The highest BCUT2D eigenvalue weighted by Crippen LogP contribution is 2.22. The molecule has 1 aromatic heterocycles. The van der Waals surface area contributed by atoms with E-state index in [1.165, 1.54) is 11.1 Å². The van der Waals surface area contributed by atoms with Crippen LogP contribution in [0.15, 0.2) is 36.7 Å². The molecule has 1 atom stereocenters. The molecule has 1 aromatic carbocycles. The van der Waals surface area contributed by atoms with Crippen molar-refractivity contribution >= 4 is 23.0 Å². The van der Waals surface area contributed by atoms with Crippen molar-refractivity contribution in [3.8, 4) is 0 Å². The van der Waals surface area contributed by atoms with Crippen molar-refractivity contribution in [3.63, 3.8) is 0 Å². The molecule has 2 aromatic rings. The van der Waals surface area contributed by atoms with E-state index in [0.29, 0.717) is 11.7 Å². The summed E-state index contributed by atoms with van der Waals surface area (Å²) in [5.74, 6) is 0.773. The van der Waals surface area contributed by atoms with E-state index in [0.717, 1.165) is 25.1 Å². The summed E-state index contributed by atoms with van der Waals surface area (Å²) in [6.07, 6.45) is 6.54. The summed E-state index contributed by atoms with van der Waals surface area (Å²) in [5.41, 5.74) is 8.94. The van der Waals surface area contributed by atoms with E-state index in [-0.39, 0.29) is 4.99 Å². The van der Waals surface area contributed by atoms with Gasteiger partial charge in [-0.15, -0.1) is 0 Å². The summed E-state index contributed by atoms with van der Waals surface area (Å²) in [6.45, 7) is 0. The van der Waals surface area contributed by atoms with Gasteiger partial charge < -0.3 is 11.1 Å². The first-order chi connectivity index (χ1) is 9.72. The molecule has 1 aliphatic rings. The standard InChI is InChI=1S/C15H16N4S/c16-15(20)13-8-18-14(9-17-13)19-12-6-5-10-3-1-2-4-11(10)7-12/h1-4,8-9,12H,5-7H2,(H2,16,20)(H,18,19). The van der Waals surface area contributed by atoms with Crippen LogP contribution in [0.25, 0.3) is 0 Å². The van der Waals surface area contributed by atoms with Crippen molar-refractivity contribution < 1.29 is 0 Å². The van der Waals surface area contributed by atoms with Gasteiger partial charge in [0.2, 0.25) is 0 Å². The molecular formula is C15H16N4S. The maximum absolute atomic E-state index is 5.51. The van der Waals surface area contributed by atoms with Crippen LogP contribution in [0, 0.1) is 0 Å². The fourth-order valence-electron chi connectivity index (χ4n) is 2.56. The first kappa shape index (κ1) is 13.0. The lowest BCUT2D eigenvalue weighted by molar-refractivity contribution is 0.608. The zero-order valence-electron chi connectivity index (χ0n) is 11.0. The van der Waals surface area contributed by atoms with E-state index in [1.807, 2.05) is 0 Å². The number of benzene rings is 1. The molecule has 3 N–H and O–H groups in total. The number of nitrogens with two attached hydrogens (primary N) is 1. The second kappa shape index (κ2) is 5.54. The SMILES string of the molecule is NC(=S)c1cnc(NC2CCc3ccccc3C2)cn1. The van der Waals surface area contributed by atoms with Gasteiger partial charge in [0.15, 0.2) is 0 Å². The summed E-state index contributed by atoms with van der Waals surface area (Å²) in [5, 5.41) is 3.43. The Labute approximate surface area is 123 Å². The predicted molar refractivity (Wildman–Crippen MR) is 83.8 cm³/mol. The number of hydrogen-bond acceptors (Lipinski definition) is 4. The summed E-state index contributed by atoms with van der Waals surface area (Å²) in [4.78, 5) is 8.78. The van der Waals surface area contributed by atoms with Gasteiger partial charge in [-0.3, -0.25) is 0 Å². The molecule has 5 heteroatoms. The topological polar surface area (TPSA) is 63.8 Å². The van der Waals surface area contributed by atoms with E-state index in [2.05, 4.69) is 39.6 Å². The minimum Gasteiger partial charge on any atom is -0.388 e. The van der Waals surface area contributed by atoms with Gasteiger partial charge in [0.05, 0.1) is 12.4 Å². The molecule has 1 heterocycles. The number of fused-ring (bicyclic) bond motifs is 1. The number of hydrogen-bond donors (Lipinski definition) is 2. The van der Waals surface area contributed by atoms with Gasteiger partial charge in [0.25, 0.3) is 0 Å². The van der Waals surface area contributed by atoms with Crippen LogP contribution in [-0.4, -0.2) is 21.0 Å². The quantitative estimate of drug-likeness (QED) is 0.845. The summed E-state index contributed by atoms with van der Waals surface area (Å²) >= 11 is 4.87. The molecule has 0 radical (unpaired) electrons. The zero-order valence-corrected chi connectivity index (χ0v) is 11.9. The van der Waals surface area contributed by atoms with Gasteiger partial charge in [-0.2, -0.15) is 0 Å². The smallest absolute Gasteiger partial charge is 0.144 e. The normalized spacial score (nSPS) is 17.3. The molecule has 0 spiro atoms. The van der Waals surface area contributed by atoms with E-state index < -0.39 is 0 Å². The van der Waals surface area contributed by atoms with Crippen molar-refractivity contribution in [2.75, 3.05) is 5.32 Å². The van der Waals surface area contributed by atoms with Crippen LogP contribution in [0.3, 0.4) is 0 Å². The van der Waals surface area contributed by atoms with E-state index in [1.54, 1.807) is 12.4 Å². The van der Waals surface area contributed by atoms with Crippen LogP contribution in [0.5, 0.6) is 0 Å². The minimum atomic E-state index is 0.274. The molecule has 3 rings (SSSR count). The van der Waals surface area contributed by atoms with Crippen molar-refractivity contribution in [2.45, 2.75) is 25.3 Å². The molecule has 4 nitrogen and oxygen atoms in total. The van der Waals surface area contributed by atoms with Crippen LogP contribution >= 0.6 is 12.2 Å². The predicted octanol–water partition coefficient (Wildman–Crippen LogP) is 2.08. The Morgan fingerprint density at radius 2 is 2.00 bits per heavy atom. The van der Waals surface area contributed by atoms with E-state index >= 15 is 0 Å². The molecule has 102 valence electrons. The number of aryl methyl sites for hydroxylation is 1. The van der Waals surface area contributed by atoms with Crippen LogP contribution in [0.1, 0.15) is 23.2 Å². The van der Waals surface area contributed by atoms with Crippen LogP contribution in [-0.2, 0) is 12.8 Å². The highest BCUT2D eigenvalue weighted by Gasteiger charge is 2.18. The first-order valence-electron chi connectivity index (χ1n) is 6.67. The second-order valence-corrected chi connectivity index (χ2v) is 5.44. The van der Waals surface area contributed by atoms with Crippen LogP contribution < -0.4 is 11.1 Å². The van der Waals surface area contributed by atoms with Crippen molar-refractivity contribution in [1.82, 2.24) is 9.97 Å². The van der Waals surface area contributed by atoms with Crippen molar-refractivity contribution in [1.29, 1.82) is 0 Å². The van der Waals surface area contributed by atoms with Gasteiger partial charge in [-0.1, -0.05) is 36.5 Å². The third kappa shape index (κ3) is 2.77. The average molecular weight is 284 g/mol. The van der Waals surface area contributed by atoms with E-state index in [4.69, 9.17) is 18.0 Å². The van der Waals surface area contributed by atoms with Crippen molar-refractivity contribution in [3.05, 3.63) is 53.5 Å². The lowest BCUT2D eigenvalue weighted by Crippen LogP contribution is -2.27. The fraction of sp³-hybridized carbons (Fsp3) is 0.267. The Morgan fingerprint density at radius 1 is 1.20 bits per heavy atom. The molecule has 0 bridgehead atoms. The number of aromatic nitrogens is 2. The molecular weight excluding hydrogens is 268 g/mol.